The van der Waals surface area contributed by atoms with Gasteiger partial charge in [0.05, 0.1) is 37.5 Å². The summed E-state index contributed by atoms with van der Waals surface area (Å²) < 4.78 is 10.7. The number of methoxy groups -OCH3 is 2. The van der Waals surface area contributed by atoms with E-state index in [9.17, 15) is 5.11 Å². The molecule has 0 fully saturated rings. The highest BCUT2D eigenvalue weighted by Gasteiger charge is 2.11. The first-order valence-electron chi connectivity index (χ1n) is 8.64. The lowest BCUT2D eigenvalue weighted by atomic mass is 10.1. The molecule has 3 aromatic carbocycles. The minimum absolute atomic E-state index is 0.0288. The molecule has 1 aromatic heterocycles. The Kier molecular flexibility index (Phi) is 4.52. The second kappa shape index (κ2) is 7.13. The van der Waals surface area contributed by atoms with Crippen molar-refractivity contribution in [2.75, 3.05) is 19.5 Å². The van der Waals surface area contributed by atoms with Gasteiger partial charge < -0.3 is 19.9 Å². The van der Waals surface area contributed by atoms with Gasteiger partial charge in [-0.2, -0.15) is 0 Å². The summed E-state index contributed by atoms with van der Waals surface area (Å²) in [6.45, 7) is 0.0288. The van der Waals surface area contributed by atoms with E-state index in [4.69, 9.17) is 14.5 Å². The van der Waals surface area contributed by atoms with Crippen LogP contribution in [0.25, 0.3) is 21.8 Å². The summed E-state index contributed by atoms with van der Waals surface area (Å²) in [7, 11) is 3.29. The van der Waals surface area contributed by atoms with Crippen LogP contribution in [0.5, 0.6) is 11.5 Å². The lowest BCUT2D eigenvalue weighted by Crippen LogP contribution is -1.97. The normalized spacial score (nSPS) is 10.9. The molecule has 0 atom stereocenters. The van der Waals surface area contributed by atoms with Gasteiger partial charge >= 0.3 is 0 Å². The van der Waals surface area contributed by atoms with Crippen molar-refractivity contribution in [3.05, 3.63) is 66.2 Å². The Labute approximate surface area is 157 Å². The van der Waals surface area contributed by atoms with E-state index in [0.717, 1.165) is 50.2 Å². The van der Waals surface area contributed by atoms with Crippen LogP contribution >= 0.6 is 0 Å². The Morgan fingerprint density at radius 1 is 0.815 bits per heavy atom. The number of ether oxygens (including phenoxy) is 2. The zero-order chi connectivity index (χ0) is 18.8. The number of fused-ring (bicyclic) bond motifs is 2. The fourth-order valence-corrected chi connectivity index (χ4v) is 3.13. The zero-order valence-corrected chi connectivity index (χ0v) is 15.2. The van der Waals surface area contributed by atoms with Crippen LogP contribution < -0.4 is 14.8 Å². The molecule has 5 heteroatoms. The monoisotopic (exact) mass is 360 g/mol. The summed E-state index contributed by atoms with van der Waals surface area (Å²) >= 11 is 0. The molecule has 0 aliphatic carbocycles. The Morgan fingerprint density at radius 2 is 1.37 bits per heavy atom. The smallest absolute Gasteiger partial charge is 0.121 e. The molecule has 0 aliphatic rings. The summed E-state index contributed by atoms with van der Waals surface area (Å²) in [5.41, 5.74) is 4.46. The van der Waals surface area contributed by atoms with Crippen molar-refractivity contribution in [2.24, 2.45) is 0 Å². The van der Waals surface area contributed by atoms with Gasteiger partial charge in [-0.1, -0.05) is 12.1 Å². The SMILES string of the molecule is COc1ccc2c(Nc3ccc(CO)cc3)c3ccc(OC)cc3nc2c1. The van der Waals surface area contributed by atoms with Gasteiger partial charge in [-0.05, 0) is 42.0 Å². The molecule has 4 rings (SSSR count). The van der Waals surface area contributed by atoms with Crippen LogP contribution in [-0.2, 0) is 6.61 Å². The fourth-order valence-electron chi connectivity index (χ4n) is 3.13. The second-order valence-corrected chi connectivity index (χ2v) is 6.23. The van der Waals surface area contributed by atoms with Crippen LogP contribution in [0.1, 0.15) is 5.56 Å². The highest BCUT2D eigenvalue weighted by Crippen LogP contribution is 2.36. The van der Waals surface area contributed by atoms with Gasteiger partial charge in [0, 0.05) is 28.6 Å². The van der Waals surface area contributed by atoms with Crippen LogP contribution in [0, 0.1) is 0 Å². The maximum absolute atomic E-state index is 9.25. The van der Waals surface area contributed by atoms with E-state index in [-0.39, 0.29) is 6.61 Å². The molecule has 1 heterocycles. The number of aliphatic hydroxyl groups excluding tert-OH is 1. The second-order valence-electron chi connectivity index (χ2n) is 6.23. The van der Waals surface area contributed by atoms with Gasteiger partial charge in [-0.15, -0.1) is 0 Å². The molecule has 0 bridgehead atoms. The van der Waals surface area contributed by atoms with Crippen molar-refractivity contribution >= 4 is 33.2 Å². The van der Waals surface area contributed by atoms with Gasteiger partial charge in [0.1, 0.15) is 11.5 Å². The highest BCUT2D eigenvalue weighted by atomic mass is 16.5. The largest absolute Gasteiger partial charge is 0.497 e. The van der Waals surface area contributed by atoms with Crippen molar-refractivity contribution in [1.29, 1.82) is 0 Å². The summed E-state index contributed by atoms with van der Waals surface area (Å²) in [4.78, 5) is 4.79. The van der Waals surface area contributed by atoms with Crippen LogP contribution in [0.2, 0.25) is 0 Å². The van der Waals surface area contributed by atoms with E-state index in [2.05, 4.69) is 5.32 Å². The summed E-state index contributed by atoms with van der Waals surface area (Å²) in [5.74, 6) is 1.52. The predicted octanol–water partition coefficient (Wildman–Crippen LogP) is 4.64. The van der Waals surface area contributed by atoms with Crippen LogP contribution in [0.4, 0.5) is 11.4 Å². The maximum Gasteiger partial charge on any atom is 0.121 e. The minimum Gasteiger partial charge on any atom is -0.497 e. The lowest BCUT2D eigenvalue weighted by Gasteiger charge is -2.15. The summed E-state index contributed by atoms with van der Waals surface area (Å²) in [5, 5.41) is 14.8. The van der Waals surface area contributed by atoms with E-state index < -0.39 is 0 Å². The molecular weight excluding hydrogens is 340 g/mol. The van der Waals surface area contributed by atoms with Gasteiger partial charge in [0.2, 0.25) is 0 Å². The molecule has 136 valence electrons. The van der Waals surface area contributed by atoms with Crippen molar-refractivity contribution in [3.63, 3.8) is 0 Å². The standard InChI is InChI=1S/C22H20N2O3/c1-26-16-7-9-18-20(11-16)24-21-12-17(27-2)8-10-19(21)22(18)23-15-5-3-14(13-25)4-6-15/h3-12,25H,13H2,1-2H3,(H,23,24). The number of hydrogen-bond donors (Lipinski definition) is 2. The fraction of sp³-hybridized carbons (Fsp3) is 0.136. The topological polar surface area (TPSA) is 63.6 Å². The molecular formula is C22H20N2O3. The lowest BCUT2D eigenvalue weighted by molar-refractivity contribution is 0.282. The van der Waals surface area contributed by atoms with Crippen molar-refractivity contribution in [2.45, 2.75) is 6.61 Å². The Bertz CT molecular complexity index is 1050. The van der Waals surface area contributed by atoms with E-state index in [1.807, 2.05) is 60.7 Å². The summed E-state index contributed by atoms with van der Waals surface area (Å²) in [6.07, 6.45) is 0. The number of aromatic nitrogens is 1. The van der Waals surface area contributed by atoms with Gasteiger partial charge in [-0.25, -0.2) is 4.98 Å². The molecule has 4 aromatic rings. The third-order valence-corrected chi connectivity index (χ3v) is 4.60. The molecule has 27 heavy (non-hydrogen) atoms. The molecule has 0 saturated heterocycles. The first kappa shape index (κ1) is 17.1. The molecule has 0 aliphatic heterocycles. The molecule has 0 radical (unpaired) electrons. The highest BCUT2D eigenvalue weighted by molar-refractivity contribution is 6.09. The predicted molar refractivity (Wildman–Crippen MR) is 108 cm³/mol. The van der Waals surface area contributed by atoms with Gasteiger partial charge in [0.15, 0.2) is 0 Å². The average Bonchev–Trinajstić information content (AvgIpc) is 2.73. The Hall–Kier alpha value is -3.31. The van der Waals surface area contributed by atoms with Crippen molar-refractivity contribution < 1.29 is 14.6 Å². The Balaban J connectivity index is 1.92. The number of rotatable bonds is 5. The third kappa shape index (κ3) is 3.25. The number of anilines is 2. The number of benzene rings is 3. The van der Waals surface area contributed by atoms with Crippen molar-refractivity contribution in [1.82, 2.24) is 4.98 Å². The first-order valence-corrected chi connectivity index (χ1v) is 8.64. The molecule has 0 unspecified atom stereocenters. The van der Waals surface area contributed by atoms with Gasteiger partial charge in [-0.3, -0.25) is 0 Å². The molecule has 0 saturated carbocycles. The molecule has 5 nitrogen and oxygen atoms in total. The third-order valence-electron chi connectivity index (χ3n) is 4.60. The van der Waals surface area contributed by atoms with Crippen LogP contribution in [0.15, 0.2) is 60.7 Å². The quantitative estimate of drug-likeness (QED) is 0.508. The Morgan fingerprint density at radius 3 is 1.85 bits per heavy atom. The van der Waals surface area contributed by atoms with Crippen LogP contribution in [-0.4, -0.2) is 24.3 Å². The van der Waals surface area contributed by atoms with E-state index in [1.165, 1.54) is 0 Å². The maximum atomic E-state index is 9.25. The summed E-state index contributed by atoms with van der Waals surface area (Å²) in [6, 6.07) is 19.4. The average molecular weight is 360 g/mol. The number of pyridine rings is 1. The first-order chi connectivity index (χ1) is 13.2. The van der Waals surface area contributed by atoms with E-state index in [0.29, 0.717) is 0 Å². The molecule has 2 N–H and O–H groups in total. The van der Waals surface area contributed by atoms with E-state index in [1.54, 1.807) is 14.2 Å². The minimum atomic E-state index is 0.0288. The number of nitrogens with zero attached hydrogens (tertiary/aromatic N) is 1. The molecule has 0 spiro atoms. The number of aliphatic hydroxyl groups is 1. The zero-order valence-electron chi connectivity index (χ0n) is 15.2. The number of nitrogens with one attached hydrogen (secondary N) is 1. The van der Waals surface area contributed by atoms with Gasteiger partial charge in [0.25, 0.3) is 0 Å². The molecule has 0 amide bonds. The van der Waals surface area contributed by atoms with Crippen LogP contribution in [0.3, 0.4) is 0 Å². The van der Waals surface area contributed by atoms with E-state index >= 15 is 0 Å². The van der Waals surface area contributed by atoms with Crippen molar-refractivity contribution in [3.8, 4) is 11.5 Å². The number of hydrogen-bond acceptors (Lipinski definition) is 5.